The molecule has 0 saturated carbocycles. The number of carboxylic acids is 1. The lowest BCUT2D eigenvalue weighted by Crippen LogP contribution is -2.46. The molecule has 0 atom stereocenters. The minimum atomic E-state index is -0.822. The van der Waals surface area contributed by atoms with Gasteiger partial charge in [0.15, 0.2) is 0 Å². The summed E-state index contributed by atoms with van der Waals surface area (Å²) in [5, 5.41) is 9.38. The smallest absolute Gasteiger partial charge is 0.317 e. The second-order valence-corrected chi connectivity index (χ2v) is 7.81. The quantitative estimate of drug-likeness (QED) is 0.721. The average molecular weight is 400 g/mol. The standard InChI is InChI=1S/C23H29FN2O3/c1-17(2)29-22-8-6-18(7-9-22)15-26(16-23(27)28)20-10-12-25(13-11-20)21-5-3-4-19(24)14-21/h3-9,14,17,20H,10-13,15-16H2,1-2H3,(H,27,28). The molecule has 156 valence electrons. The lowest BCUT2D eigenvalue weighted by molar-refractivity contribution is -0.139. The van der Waals surface area contributed by atoms with Gasteiger partial charge in [0.25, 0.3) is 0 Å². The second-order valence-electron chi connectivity index (χ2n) is 7.81. The van der Waals surface area contributed by atoms with Crippen LogP contribution in [0.2, 0.25) is 0 Å². The van der Waals surface area contributed by atoms with Gasteiger partial charge in [-0.15, -0.1) is 0 Å². The number of hydrogen-bond donors (Lipinski definition) is 1. The summed E-state index contributed by atoms with van der Waals surface area (Å²) in [5.41, 5.74) is 1.95. The number of carbonyl (C=O) groups is 1. The first-order valence-corrected chi connectivity index (χ1v) is 10.1. The number of halogens is 1. The van der Waals surface area contributed by atoms with Gasteiger partial charge in [0.2, 0.25) is 0 Å². The van der Waals surface area contributed by atoms with Gasteiger partial charge in [0.1, 0.15) is 11.6 Å². The Morgan fingerprint density at radius 3 is 2.48 bits per heavy atom. The van der Waals surface area contributed by atoms with E-state index in [2.05, 4.69) is 4.90 Å². The second kappa shape index (κ2) is 9.74. The van der Waals surface area contributed by atoms with Gasteiger partial charge < -0.3 is 14.7 Å². The summed E-state index contributed by atoms with van der Waals surface area (Å²) < 4.78 is 19.2. The van der Waals surface area contributed by atoms with Gasteiger partial charge in [-0.05, 0) is 62.6 Å². The Morgan fingerprint density at radius 2 is 1.90 bits per heavy atom. The van der Waals surface area contributed by atoms with E-state index < -0.39 is 5.97 Å². The van der Waals surface area contributed by atoms with Gasteiger partial charge >= 0.3 is 5.97 Å². The zero-order valence-corrected chi connectivity index (χ0v) is 17.1. The van der Waals surface area contributed by atoms with Gasteiger partial charge in [-0.2, -0.15) is 0 Å². The minimum Gasteiger partial charge on any atom is -0.491 e. The lowest BCUT2D eigenvalue weighted by Gasteiger charge is -2.39. The van der Waals surface area contributed by atoms with Crippen molar-refractivity contribution in [3.05, 3.63) is 59.9 Å². The Kier molecular flexibility index (Phi) is 7.09. The average Bonchev–Trinajstić information content (AvgIpc) is 2.68. The summed E-state index contributed by atoms with van der Waals surface area (Å²) in [7, 11) is 0. The van der Waals surface area contributed by atoms with E-state index in [-0.39, 0.29) is 24.5 Å². The van der Waals surface area contributed by atoms with E-state index in [9.17, 15) is 14.3 Å². The maximum absolute atomic E-state index is 13.5. The molecule has 0 bridgehead atoms. The molecule has 1 heterocycles. The van der Waals surface area contributed by atoms with Crippen LogP contribution in [0.5, 0.6) is 5.75 Å². The summed E-state index contributed by atoms with van der Waals surface area (Å²) in [5.74, 6) is -0.240. The first-order chi connectivity index (χ1) is 13.9. The zero-order chi connectivity index (χ0) is 20.8. The predicted octanol–water partition coefficient (Wildman–Crippen LogP) is 4.17. The number of ether oxygens (including phenoxy) is 1. The molecule has 1 aliphatic rings. The fourth-order valence-electron chi connectivity index (χ4n) is 3.83. The number of anilines is 1. The third kappa shape index (κ3) is 6.19. The van der Waals surface area contributed by atoms with Gasteiger partial charge in [0, 0.05) is 31.4 Å². The van der Waals surface area contributed by atoms with Gasteiger partial charge in [-0.3, -0.25) is 9.69 Å². The van der Waals surface area contributed by atoms with Crippen LogP contribution in [0.3, 0.4) is 0 Å². The van der Waals surface area contributed by atoms with E-state index in [1.54, 1.807) is 12.1 Å². The van der Waals surface area contributed by atoms with Crippen LogP contribution in [0.25, 0.3) is 0 Å². The number of carboxylic acid groups (broad SMARTS) is 1. The third-order valence-electron chi connectivity index (χ3n) is 5.17. The summed E-state index contributed by atoms with van der Waals surface area (Å²) in [4.78, 5) is 15.6. The molecule has 2 aromatic carbocycles. The molecule has 6 heteroatoms. The van der Waals surface area contributed by atoms with Crippen molar-refractivity contribution in [3.63, 3.8) is 0 Å². The number of nitrogens with zero attached hydrogens (tertiary/aromatic N) is 2. The molecule has 5 nitrogen and oxygen atoms in total. The van der Waals surface area contributed by atoms with Gasteiger partial charge in [0.05, 0.1) is 12.6 Å². The van der Waals surface area contributed by atoms with E-state index in [0.717, 1.165) is 42.9 Å². The molecule has 2 aromatic rings. The van der Waals surface area contributed by atoms with Crippen molar-refractivity contribution in [2.75, 3.05) is 24.5 Å². The van der Waals surface area contributed by atoms with Crippen molar-refractivity contribution < 1.29 is 19.0 Å². The van der Waals surface area contributed by atoms with Crippen LogP contribution in [0.4, 0.5) is 10.1 Å². The highest BCUT2D eigenvalue weighted by Crippen LogP contribution is 2.25. The molecular weight excluding hydrogens is 371 g/mol. The third-order valence-corrected chi connectivity index (χ3v) is 5.17. The minimum absolute atomic E-state index is 0.00881. The van der Waals surface area contributed by atoms with Crippen LogP contribution in [-0.4, -0.2) is 47.8 Å². The molecule has 1 N–H and O–H groups in total. The lowest BCUT2D eigenvalue weighted by atomic mass is 10.0. The van der Waals surface area contributed by atoms with Crippen LogP contribution in [0, 0.1) is 5.82 Å². The van der Waals surface area contributed by atoms with E-state index in [1.165, 1.54) is 6.07 Å². The van der Waals surface area contributed by atoms with Crippen molar-refractivity contribution in [2.45, 2.75) is 45.4 Å². The molecule has 3 rings (SSSR count). The predicted molar refractivity (Wildman–Crippen MR) is 112 cm³/mol. The largest absolute Gasteiger partial charge is 0.491 e. The van der Waals surface area contributed by atoms with Crippen molar-refractivity contribution >= 4 is 11.7 Å². The van der Waals surface area contributed by atoms with E-state index >= 15 is 0 Å². The zero-order valence-electron chi connectivity index (χ0n) is 17.1. The highest BCUT2D eigenvalue weighted by atomic mass is 19.1. The van der Waals surface area contributed by atoms with Crippen LogP contribution in [0.15, 0.2) is 48.5 Å². The molecule has 0 aromatic heterocycles. The molecule has 29 heavy (non-hydrogen) atoms. The monoisotopic (exact) mass is 400 g/mol. The molecule has 0 spiro atoms. The number of rotatable bonds is 8. The summed E-state index contributed by atoms with van der Waals surface area (Å²) in [6.07, 6.45) is 1.81. The molecular formula is C23H29FN2O3. The number of benzene rings is 2. The highest BCUT2D eigenvalue weighted by molar-refractivity contribution is 5.69. The Bertz CT molecular complexity index is 802. The van der Waals surface area contributed by atoms with E-state index in [4.69, 9.17) is 4.74 Å². The topological polar surface area (TPSA) is 53.0 Å². The SMILES string of the molecule is CC(C)Oc1ccc(CN(CC(=O)O)C2CCN(c3cccc(F)c3)CC2)cc1. The van der Waals surface area contributed by atoms with Crippen molar-refractivity contribution in [3.8, 4) is 5.75 Å². The summed E-state index contributed by atoms with van der Waals surface area (Å²) in [6.45, 7) is 6.13. The fraction of sp³-hybridized carbons (Fsp3) is 0.435. The normalized spacial score (nSPS) is 15.1. The maximum atomic E-state index is 13.5. The number of piperidine rings is 1. The molecule has 0 radical (unpaired) electrons. The maximum Gasteiger partial charge on any atom is 0.317 e. The fourth-order valence-corrected chi connectivity index (χ4v) is 3.83. The van der Waals surface area contributed by atoms with Crippen molar-refractivity contribution in [2.24, 2.45) is 0 Å². The van der Waals surface area contributed by atoms with Crippen molar-refractivity contribution in [1.82, 2.24) is 4.90 Å². The number of hydrogen-bond acceptors (Lipinski definition) is 4. The Hall–Kier alpha value is -2.60. The first kappa shape index (κ1) is 21.1. The molecule has 0 amide bonds. The van der Waals surface area contributed by atoms with Gasteiger partial charge in [-0.25, -0.2) is 4.39 Å². The van der Waals surface area contributed by atoms with Gasteiger partial charge in [-0.1, -0.05) is 18.2 Å². The first-order valence-electron chi connectivity index (χ1n) is 10.1. The number of aliphatic carboxylic acids is 1. The summed E-state index contributed by atoms with van der Waals surface area (Å²) >= 11 is 0. The molecule has 0 aliphatic carbocycles. The Labute approximate surface area is 171 Å². The van der Waals surface area contributed by atoms with Crippen LogP contribution >= 0.6 is 0 Å². The van der Waals surface area contributed by atoms with E-state index in [0.29, 0.717) is 6.54 Å². The van der Waals surface area contributed by atoms with Crippen LogP contribution in [-0.2, 0) is 11.3 Å². The Balaban J connectivity index is 1.62. The molecule has 1 fully saturated rings. The van der Waals surface area contributed by atoms with Crippen molar-refractivity contribution in [1.29, 1.82) is 0 Å². The Morgan fingerprint density at radius 1 is 1.21 bits per heavy atom. The molecule has 0 unspecified atom stereocenters. The highest BCUT2D eigenvalue weighted by Gasteiger charge is 2.26. The molecule has 1 saturated heterocycles. The summed E-state index contributed by atoms with van der Waals surface area (Å²) in [6, 6.07) is 14.7. The van der Waals surface area contributed by atoms with E-state index in [1.807, 2.05) is 49.1 Å². The molecule has 1 aliphatic heterocycles. The van der Waals surface area contributed by atoms with Crippen LogP contribution in [0.1, 0.15) is 32.3 Å². The van der Waals surface area contributed by atoms with Crippen LogP contribution < -0.4 is 9.64 Å².